The van der Waals surface area contributed by atoms with Crippen LogP contribution in [0.15, 0.2) is 0 Å². The zero-order valence-corrected chi connectivity index (χ0v) is 12.5. The van der Waals surface area contributed by atoms with E-state index in [1.165, 1.54) is 0 Å². The first kappa shape index (κ1) is 15.3. The number of rotatable bonds is 5. The van der Waals surface area contributed by atoms with Crippen LogP contribution in [0.1, 0.15) is 53.9 Å². The van der Waals surface area contributed by atoms with Crippen molar-refractivity contribution in [2.24, 2.45) is 11.7 Å². The number of carbonyl (C=O) groups excluding carboxylic acids is 1. The van der Waals surface area contributed by atoms with Crippen LogP contribution in [0.4, 0.5) is 4.79 Å². The Balaban J connectivity index is 2.50. The second-order valence-corrected chi connectivity index (χ2v) is 6.93. The van der Waals surface area contributed by atoms with Gasteiger partial charge in [-0.3, -0.25) is 0 Å². The van der Waals surface area contributed by atoms with Gasteiger partial charge in [0, 0.05) is 18.6 Å². The summed E-state index contributed by atoms with van der Waals surface area (Å²) in [7, 11) is 0. The fourth-order valence-electron chi connectivity index (χ4n) is 1.79. The molecule has 0 heterocycles. The number of hydrogen-bond donors (Lipinski definition) is 1. The minimum absolute atomic E-state index is 0.0166. The molecule has 0 radical (unpaired) electrons. The lowest BCUT2D eigenvalue weighted by Crippen LogP contribution is -2.41. The molecule has 1 saturated carbocycles. The minimum atomic E-state index is -0.438. The lowest BCUT2D eigenvalue weighted by molar-refractivity contribution is 0.0222. The predicted octanol–water partition coefficient (Wildman–Crippen LogP) is 2.76. The highest BCUT2D eigenvalue weighted by Gasteiger charge is 2.38. The first-order valence-electron chi connectivity index (χ1n) is 6.88. The van der Waals surface area contributed by atoms with E-state index in [0.29, 0.717) is 12.5 Å². The molecule has 4 heteroatoms. The summed E-state index contributed by atoms with van der Waals surface area (Å²) in [5.74, 6) is 0.436. The monoisotopic (exact) mass is 256 g/mol. The number of amides is 1. The van der Waals surface area contributed by atoms with Gasteiger partial charge in [-0.25, -0.2) is 4.79 Å². The molecule has 1 fully saturated rings. The van der Waals surface area contributed by atoms with Crippen LogP contribution in [0.3, 0.4) is 0 Å². The summed E-state index contributed by atoms with van der Waals surface area (Å²) in [6.07, 6.45) is 2.81. The Labute approximate surface area is 111 Å². The molecule has 0 aromatic rings. The smallest absolute Gasteiger partial charge is 0.410 e. The molecule has 1 amide bonds. The molecule has 1 aliphatic carbocycles. The summed E-state index contributed by atoms with van der Waals surface area (Å²) in [6, 6.07) is 0. The number of nitrogens with two attached hydrogens (primary N) is 1. The molecule has 0 atom stereocenters. The first-order chi connectivity index (χ1) is 8.11. The fraction of sp³-hybridized carbons (Fsp3) is 0.929. The molecular formula is C14H28N2O2. The van der Waals surface area contributed by atoms with Crippen molar-refractivity contribution in [1.29, 1.82) is 0 Å². The quantitative estimate of drug-likeness (QED) is 0.823. The van der Waals surface area contributed by atoms with Crippen LogP contribution in [-0.2, 0) is 4.74 Å². The zero-order chi connectivity index (χ0) is 14.0. The lowest BCUT2D eigenvalue weighted by Gasteiger charge is -2.29. The average Bonchev–Trinajstić information content (AvgIpc) is 2.88. The van der Waals surface area contributed by atoms with Gasteiger partial charge in [0.2, 0.25) is 0 Å². The van der Waals surface area contributed by atoms with Crippen molar-refractivity contribution in [1.82, 2.24) is 4.90 Å². The summed E-state index contributed by atoms with van der Waals surface area (Å²) in [5, 5.41) is 0. The van der Waals surface area contributed by atoms with Gasteiger partial charge in [-0.1, -0.05) is 13.8 Å². The minimum Gasteiger partial charge on any atom is -0.444 e. The predicted molar refractivity (Wildman–Crippen MR) is 73.4 cm³/mol. The largest absolute Gasteiger partial charge is 0.444 e. The highest BCUT2D eigenvalue weighted by Crippen LogP contribution is 2.35. The van der Waals surface area contributed by atoms with E-state index in [4.69, 9.17) is 10.5 Å². The van der Waals surface area contributed by atoms with E-state index in [1.807, 2.05) is 20.8 Å². The Bertz CT molecular complexity index is 291. The van der Waals surface area contributed by atoms with Gasteiger partial charge in [-0.2, -0.15) is 0 Å². The fourth-order valence-corrected chi connectivity index (χ4v) is 1.79. The molecule has 1 rings (SSSR count). The van der Waals surface area contributed by atoms with Crippen molar-refractivity contribution in [2.75, 3.05) is 13.1 Å². The van der Waals surface area contributed by atoms with Gasteiger partial charge in [0.1, 0.15) is 5.60 Å². The van der Waals surface area contributed by atoms with E-state index in [-0.39, 0.29) is 11.6 Å². The Morgan fingerprint density at radius 2 is 1.94 bits per heavy atom. The van der Waals surface area contributed by atoms with Gasteiger partial charge >= 0.3 is 6.09 Å². The van der Waals surface area contributed by atoms with Crippen molar-refractivity contribution < 1.29 is 9.53 Å². The molecule has 0 saturated heterocycles. The summed E-state index contributed by atoms with van der Waals surface area (Å²) in [4.78, 5) is 13.9. The Morgan fingerprint density at radius 1 is 1.39 bits per heavy atom. The third-order valence-corrected chi connectivity index (χ3v) is 3.01. The van der Waals surface area contributed by atoms with E-state index in [1.54, 1.807) is 4.90 Å². The molecule has 0 aromatic carbocycles. The summed E-state index contributed by atoms with van der Waals surface area (Å²) in [6.45, 7) is 11.3. The zero-order valence-electron chi connectivity index (χ0n) is 12.5. The van der Waals surface area contributed by atoms with Crippen LogP contribution in [-0.4, -0.2) is 35.2 Å². The normalized spacial score (nSPS) is 17.7. The van der Waals surface area contributed by atoms with E-state index < -0.39 is 5.60 Å². The molecule has 0 aliphatic heterocycles. The molecule has 1 aliphatic rings. The number of hydrogen-bond acceptors (Lipinski definition) is 3. The highest BCUT2D eigenvalue weighted by molar-refractivity contribution is 5.68. The summed E-state index contributed by atoms with van der Waals surface area (Å²) < 4.78 is 5.43. The highest BCUT2D eigenvalue weighted by atomic mass is 16.6. The number of nitrogens with zero attached hydrogens (tertiary/aromatic N) is 1. The molecular weight excluding hydrogens is 228 g/mol. The van der Waals surface area contributed by atoms with Crippen molar-refractivity contribution in [2.45, 2.75) is 65.0 Å². The molecule has 106 valence electrons. The van der Waals surface area contributed by atoms with Crippen LogP contribution in [0.2, 0.25) is 0 Å². The molecule has 18 heavy (non-hydrogen) atoms. The van der Waals surface area contributed by atoms with Crippen LogP contribution in [0.5, 0.6) is 0 Å². The second-order valence-electron chi connectivity index (χ2n) is 6.93. The summed E-state index contributed by atoms with van der Waals surface area (Å²) in [5.41, 5.74) is 5.62. The Hall–Kier alpha value is -0.770. The van der Waals surface area contributed by atoms with Gasteiger partial charge in [0.15, 0.2) is 0 Å². The van der Waals surface area contributed by atoms with Gasteiger partial charge in [0.25, 0.3) is 0 Å². The van der Waals surface area contributed by atoms with Gasteiger partial charge in [-0.15, -0.1) is 0 Å². The van der Waals surface area contributed by atoms with E-state index in [2.05, 4.69) is 13.8 Å². The molecule has 0 unspecified atom stereocenters. The third-order valence-electron chi connectivity index (χ3n) is 3.01. The topological polar surface area (TPSA) is 55.6 Å². The molecule has 0 aromatic heterocycles. The first-order valence-corrected chi connectivity index (χ1v) is 6.88. The van der Waals surface area contributed by atoms with Gasteiger partial charge in [-0.05, 0) is 46.0 Å². The average molecular weight is 256 g/mol. The van der Waals surface area contributed by atoms with E-state index in [9.17, 15) is 4.79 Å². The van der Waals surface area contributed by atoms with E-state index >= 15 is 0 Å². The maximum atomic E-state index is 12.1. The van der Waals surface area contributed by atoms with Gasteiger partial charge < -0.3 is 15.4 Å². The molecule has 0 bridgehead atoms. The molecule has 0 spiro atoms. The number of carbonyl (C=O) groups is 1. The van der Waals surface area contributed by atoms with Crippen LogP contribution < -0.4 is 5.73 Å². The second kappa shape index (κ2) is 5.47. The number of ether oxygens (including phenoxy) is 1. The van der Waals surface area contributed by atoms with E-state index in [0.717, 1.165) is 25.8 Å². The standard InChI is InChI=1S/C14H28N2O2/c1-11(2)10-16(9-8-14(15)6-7-14)12(17)18-13(3,4)5/h11H,6-10,15H2,1-5H3. The van der Waals surface area contributed by atoms with Crippen molar-refractivity contribution in [3.8, 4) is 0 Å². The van der Waals surface area contributed by atoms with Crippen molar-refractivity contribution >= 4 is 6.09 Å². The lowest BCUT2D eigenvalue weighted by atomic mass is 10.1. The van der Waals surface area contributed by atoms with Crippen LogP contribution in [0.25, 0.3) is 0 Å². The van der Waals surface area contributed by atoms with Crippen molar-refractivity contribution in [3.63, 3.8) is 0 Å². The van der Waals surface area contributed by atoms with Crippen LogP contribution >= 0.6 is 0 Å². The SMILES string of the molecule is CC(C)CN(CCC1(N)CC1)C(=O)OC(C)(C)C. The Kier molecular flexibility index (Phi) is 4.65. The molecule has 2 N–H and O–H groups in total. The molecule has 4 nitrogen and oxygen atoms in total. The summed E-state index contributed by atoms with van der Waals surface area (Å²) >= 11 is 0. The Morgan fingerprint density at radius 3 is 2.33 bits per heavy atom. The van der Waals surface area contributed by atoms with Crippen molar-refractivity contribution in [3.05, 3.63) is 0 Å². The third kappa shape index (κ3) is 5.71. The van der Waals surface area contributed by atoms with Crippen LogP contribution in [0, 0.1) is 5.92 Å². The van der Waals surface area contributed by atoms with Gasteiger partial charge in [0.05, 0.1) is 0 Å². The maximum absolute atomic E-state index is 12.1. The maximum Gasteiger partial charge on any atom is 0.410 e.